The number of hydrogen-bond donors (Lipinski definition) is 2. The molecule has 2 aromatic rings. The van der Waals surface area contributed by atoms with Crippen LogP contribution >= 0.6 is 0 Å². The van der Waals surface area contributed by atoms with Crippen molar-refractivity contribution in [1.29, 1.82) is 0 Å². The standard InChI is InChI=1S/C18H18O5/c1-3-23-17-10-13(19)6-4-12(17)5-9-16(21)15-8-7-14(20)11-18(15)22-2/h4-11,19-20H,3H2,1-2H3. The molecule has 0 bridgehead atoms. The zero-order valence-corrected chi connectivity index (χ0v) is 12.9. The van der Waals surface area contributed by atoms with Crippen LogP contribution in [0.15, 0.2) is 42.5 Å². The van der Waals surface area contributed by atoms with Gasteiger partial charge in [0.25, 0.3) is 0 Å². The average molecular weight is 314 g/mol. The van der Waals surface area contributed by atoms with Crippen LogP contribution in [0.3, 0.4) is 0 Å². The molecule has 0 radical (unpaired) electrons. The number of aromatic hydroxyl groups is 2. The minimum atomic E-state index is -0.266. The number of phenolic OH excluding ortho intramolecular Hbond substituents is 2. The Kier molecular flexibility index (Phi) is 5.25. The summed E-state index contributed by atoms with van der Waals surface area (Å²) in [6.45, 7) is 2.29. The first-order valence-electron chi connectivity index (χ1n) is 7.10. The van der Waals surface area contributed by atoms with E-state index in [-0.39, 0.29) is 17.3 Å². The summed E-state index contributed by atoms with van der Waals surface area (Å²) in [7, 11) is 1.43. The molecule has 0 unspecified atom stereocenters. The molecule has 0 aliphatic carbocycles. The van der Waals surface area contributed by atoms with E-state index in [0.717, 1.165) is 0 Å². The topological polar surface area (TPSA) is 76.0 Å². The first kappa shape index (κ1) is 16.4. The maximum absolute atomic E-state index is 12.3. The number of benzene rings is 2. The number of allylic oxidation sites excluding steroid dienone is 1. The molecular weight excluding hydrogens is 296 g/mol. The van der Waals surface area contributed by atoms with E-state index in [0.29, 0.717) is 29.2 Å². The molecule has 2 rings (SSSR count). The number of carbonyl (C=O) groups is 1. The Balaban J connectivity index is 2.28. The third kappa shape index (κ3) is 4.03. The van der Waals surface area contributed by atoms with E-state index in [4.69, 9.17) is 9.47 Å². The molecule has 2 aromatic carbocycles. The largest absolute Gasteiger partial charge is 0.508 e. The minimum Gasteiger partial charge on any atom is -0.508 e. The van der Waals surface area contributed by atoms with E-state index in [1.807, 2.05) is 6.92 Å². The van der Waals surface area contributed by atoms with Gasteiger partial charge in [-0.25, -0.2) is 0 Å². The first-order chi connectivity index (χ1) is 11.0. The van der Waals surface area contributed by atoms with Gasteiger partial charge in [-0.3, -0.25) is 4.79 Å². The third-order valence-corrected chi connectivity index (χ3v) is 3.16. The number of carbonyl (C=O) groups excluding carboxylic acids is 1. The van der Waals surface area contributed by atoms with Crippen molar-refractivity contribution in [3.8, 4) is 23.0 Å². The van der Waals surface area contributed by atoms with Crippen molar-refractivity contribution in [2.75, 3.05) is 13.7 Å². The fourth-order valence-electron chi connectivity index (χ4n) is 2.08. The SMILES string of the molecule is CCOc1cc(O)ccc1C=CC(=O)c1ccc(O)cc1OC. The molecule has 0 spiro atoms. The van der Waals surface area contributed by atoms with Crippen LogP contribution in [-0.2, 0) is 0 Å². The molecule has 0 saturated carbocycles. The maximum atomic E-state index is 12.3. The molecule has 5 nitrogen and oxygen atoms in total. The smallest absolute Gasteiger partial charge is 0.189 e. The van der Waals surface area contributed by atoms with E-state index in [9.17, 15) is 15.0 Å². The van der Waals surface area contributed by atoms with E-state index in [2.05, 4.69) is 0 Å². The van der Waals surface area contributed by atoms with E-state index >= 15 is 0 Å². The number of methoxy groups -OCH3 is 1. The zero-order chi connectivity index (χ0) is 16.8. The summed E-state index contributed by atoms with van der Waals surface area (Å²) < 4.78 is 10.5. The summed E-state index contributed by atoms with van der Waals surface area (Å²) in [4.78, 5) is 12.3. The van der Waals surface area contributed by atoms with Gasteiger partial charge in [0.2, 0.25) is 0 Å². The Labute approximate surface area is 134 Å². The third-order valence-electron chi connectivity index (χ3n) is 3.16. The summed E-state index contributed by atoms with van der Waals surface area (Å²) >= 11 is 0. The number of hydrogen-bond acceptors (Lipinski definition) is 5. The lowest BCUT2D eigenvalue weighted by molar-refractivity contribution is 0.104. The van der Waals surface area contributed by atoms with Crippen molar-refractivity contribution in [2.24, 2.45) is 0 Å². The number of ether oxygens (including phenoxy) is 2. The van der Waals surface area contributed by atoms with Crippen LogP contribution in [0.1, 0.15) is 22.8 Å². The van der Waals surface area contributed by atoms with E-state index < -0.39 is 0 Å². The molecule has 0 amide bonds. The van der Waals surface area contributed by atoms with Crippen molar-refractivity contribution >= 4 is 11.9 Å². The maximum Gasteiger partial charge on any atom is 0.189 e. The number of ketones is 1. The van der Waals surface area contributed by atoms with Crippen molar-refractivity contribution in [3.63, 3.8) is 0 Å². The lowest BCUT2D eigenvalue weighted by atomic mass is 10.1. The Bertz CT molecular complexity index is 734. The molecule has 23 heavy (non-hydrogen) atoms. The molecule has 0 fully saturated rings. The Hall–Kier alpha value is -2.95. The summed E-state index contributed by atoms with van der Waals surface area (Å²) in [5, 5.41) is 18.9. The van der Waals surface area contributed by atoms with Gasteiger partial charge in [0.15, 0.2) is 5.78 Å². The monoisotopic (exact) mass is 314 g/mol. The van der Waals surface area contributed by atoms with Gasteiger partial charge in [-0.05, 0) is 43.3 Å². The molecule has 2 N–H and O–H groups in total. The summed E-state index contributed by atoms with van der Waals surface area (Å²) in [5.74, 6) is 0.652. The molecule has 5 heteroatoms. The second-order valence-electron chi connectivity index (χ2n) is 4.74. The van der Waals surface area contributed by atoms with Crippen LogP contribution in [0.2, 0.25) is 0 Å². The Morgan fingerprint density at radius 1 is 1.09 bits per heavy atom. The van der Waals surface area contributed by atoms with Gasteiger partial charge in [0.05, 0.1) is 19.3 Å². The van der Waals surface area contributed by atoms with Crippen molar-refractivity contribution in [1.82, 2.24) is 0 Å². The highest BCUT2D eigenvalue weighted by Crippen LogP contribution is 2.27. The predicted molar refractivity (Wildman–Crippen MR) is 87.3 cm³/mol. The summed E-state index contributed by atoms with van der Waals surface area (Å²) in [6.07, 6.45) is 3.00. The van der Waals surface area contributed by atoms with Crippen LogP contribution < -0.4 is 9.47 Å². The molecule has 120 valence electrons. The number of phenols is 2. The lowest BCUT2D eigenvalue weighted by Crippen LogP contribution is -1.99. The van der Waals surface area contributed by atoms with Gasteiger partial charge in [-0.1, -0.05) is 0 Å². The molecule has 0 saturated heterocycles. The normalized spacial score (nSPS) is 10.7. The van der Waals surface area contributed by atoms with E-state index in [1.165, 1.54) is 43.5 Å². The minimum absolute atomic E-state index is 0.0274. The van der Waals surface area contributed by atoms with Gasteiger partial charge in [0.1, 0.15) is 23.0 Å². The Morgan fingerprint density at radius 2 is 1.74 bits per heavy atom. The fourth-order valence-corrected chi connectivity index (χ4v) is 2.08. The summed E-state index contributed by atoms with van der Waals surface area (Å²) in [6, 6.07) is 8.99. The highest BCUT2D eigenvalue weighted by atomic mass is 16.5. The second kappa shape index (κ2) is 7.35. The zero-order valence-electron chi connectivity index (χ0n) is 12.9. The quantitative estimate of drug-likeness (QED) is 0.631. The van der Waals surface area contributed by atoms with Gasteiger partial charge in [0, 0.05) is 17.7 Å². The lowest BCUT2D eigenvalue weighted by Gasteiger charge is -2.08. The molecular formula is C18H18O5. The fraction of sp³-hybridized carbons (Fsp3) is 0.167. The second-order valence-corrected chi connectivity index (χ2v) is 4.74. The predicted octanol–water partition coefficient (Wildman–Crippen LogP) is 3.40. The first-order valence-corrected chi connectivity index (χ1v) is 7.10. The van der Waals surface area contributed by atoms with Crippen molar-refractivity contribution in [3.05, 3.63) is 53.6 Å². The van der Waals surface area contributed by atoms with Crippen LogP contribution in [-0.4, -0.2) is 29.7 Å². The van der Waals surface area contributed by atoms with Gasteiger partial charge in [-0.2, -0.15) is 0 Å². The van der Waals surface area contributed by atoms with Crippen LogP contribution in [0.25, 0.3) is 6.08 Å². The van der Waals surface area contributed by atoms with Gasteiger partial charge in [-0.15, -0.1) is 0 Å². The average Bonchev–Trinajstić information content (AvgIpc) is 2.54. The summed E-state index contributed by atoms with van der Waals surface area (Å²) in [5.41, 5.74) is 1.02. The van der Waals surface area contributed by atoms with E-state index in [1.54, 1.807) is 12.1 Å². The molecule has 0 heterocycles. The van der Waals surface area contributed by atoms with Crippen LogP contribution in [0, 0.1) is 0 Å². The molecule has 0 aliphatic heterocycles. The Morgan fingerprint density at radius 3 is 2.39 bits per heavy atom. The van der Waals surface area contributed by atoms with Gasteiger partial charge < -0.3 is 19.7 Å². The number of rotatable bonds is 6. The van der Waals surface area contributed by atoms with Crippen molar-refractivity contribution in [2.45, 2.75) is 6.92 Å². The highest BCUT2D eigenvalue weighted by Gasteiger charge is 2.11. The molecule has 0 atom stereocenters. The van der Waals surface area contributed by atoms with Crippen LogP contribution in [0.4, 0.5) is 0 Å². The molecule has 0 aromatic heterocycles. The molecule has 0 aliphatic rings. The van der Waals surface area contributed by atoms with Crippen molar-refractivity contribution < 1.29 is 24.5 Å². The highest BCUT2D eigenvalue weighted by molar-refractivity contribution is 6.08. The van der Waals surface area contributed by atoms with Crippen LogP contribution in [0.5, 0.6) is 23.0 Å². The van der Waals surface area contributed by atoms with Gasteiger partial charge >= 0.3 is 0 Å².